The van der Waals surface area contributed by atoms with Gasteiger partial charge in [0.2, 0.25) is 0 Å². The summed E-state index contributed by atoms with van der Waals surface area (Å²) in [5.41, 5.74) is 21.3. The van der Waals surface area contributed by atoms with E-state index in [2.05, 4.69) is 139 Å². The molecule has 20 aliphatic heterocycles. The molecule has 23 heterocycles. The molecular weight excluding hydrogens is 1710 g/mol. The molecular formula is C106H88N8O16Zn. The van der Waals surface area contributed by atoms with Gasteiger partial charge >= 0.3 is 19.5 Å². The topological polar surface area (TPSA) is 277 Å². The third-order valence-electron chi connectivity index (χ3n) is 24.7. The summed E-state index contributed by atoms with van der Waals surface area (Å²) in [6, 6.07) is 44.3. The smallest absolute Gasteiger partial charge is 0.657 e. The van der Waals surface area contributed by atoms with Crippen molar-refractivity contribution in [2.24, 2.45) is 0 Å². The molecule has 0 fully saturated rings. The number of ether oxygens (including phenoxy) is 8. The van der Waals surface area contributed by atoms with Crippen LogP contribution >= 0.6 is 0 Å². The number of hydrogen-bond donors (Lipinski definition) is 0. The molecule has 31 rings (SSSR count). The number of benzene rings is 8. The summed E-state index contributed by atoms with van der Waals surface area (Å²) in [5.74, 6) is 18.6. The van der Waals surface area contributed by atoms with Crippen LogP contribution in [0.15, 0.2) is 146 Å². The Morgan fingerprint density at radius 1 is 0.336 bits per heavy atom. The number of aromatic nitrogens is 4. The van der Waals surface area contributed by atoms with Crippen molar-refractivity contribution in [3.8, 4) is 92.6 Å². The summed E-state index contributed by atoms with van der Waals surface area (Å²) >= 11 is 0. The van der Waals surface area contributed by atoms with Crippen molar-refractivity contribution in [3.63, 3.8) is 0 Å². The maximum Gasteiger partial charge on any atom is 2.00 e. The summed E-state index contributed by atoms with van der Waals surface area (Å²) < 4.78 is 49.0. The fraction of sp³-hybridized carbons (Fsp3) is 0.264. The van der Waals surface area contributed by atoms with Gasteiger partial charge in [0.25, 0.3) is 47.3 Å². The van der Waals surface area contributed by atoms with Crippen LogP contribution in [0.3, 0.4) is 0 Å². The van der Waals surface area contributed by atoms with E-state index in [4.69, 9.17) is 57.8 Å². The maximum absolute atomic E-state index is 13.5. The van der Waals surface area contributed by atoms with Crippen LogP contribution in [-0.4, -0.2) is 182 Å². The summed E-state index contributed by atoms with van der Waals surface area (Å²) in [7, 11) is 0. The second-order valence-corrected chi connectivity index (χ2v) is 31.9. The molecule has 8 aromatic carbocycles. The number of amides is 8. The van der Waals surface area contributed by atoms with Crippen LogP contribution in [0.1, 0.15) is 182 Å². The normalized spacial score (nSPS) is 16.1. The SMILES string of the molecule is CCC1=C(C)c2nc1cc1[n-]c(c(C)c1CC)c1c3nc(cc4[n-]c(c(C)c4CC)c2-c2ccc(cc2)OCCOCCOCCOc2cccc4c(cccc24)OCCOCCOCCOc2ccccc2-1)C(CC)=C3C.O=C1c2ccc3c4c5ccc(c24)C(=O)N1CC#CC#CCN1C(=O)c2ccc4c6c(ccc(c26)C1=O)C(=O)N(CC#CC#CCN(C3=O)C5=O)C4=O.[Zn+2]. The van der Waals surface area contributed by atoms with Crippen molar-refractivity contribution in [1.29, 1.82) is 0 Å². The van der Waals surface area contributed by atoms with E-state index in [1.54, 1.807) is 0 Å². The Morgan fingerprint density at radius 3 is 1.00 bits per heavy atom. The number of carbonyl (C=O) groups excluding carboxylic acids is 8. The van der Waals surface area contributed by atoms with Crippen LogP contribution in [-0.2, 0) is 51.3 Å². The minimum absolute atomic E-state index is 0. The molecule has 0 aliphatic carbocycles. The number of carbonyl (C=O) groups is 8. The number of fused-ring (bicyclic) bond motifs is 1. The van der Waals surface area contributed by atoms with E-state index < -0.39 is 47.3 Å². The van der Waals surface area contributed by atoms with Crippen LogP contribution in [0.25, 0.3) is 98.9 Å². The number of para-hydroxylation sites is 1. The predicted molar refractivity (Wildman–Crippen MR) is 493 cm³/mol. The first-order valence-corrected chi connectivity index (χ1v) is 43.6. The second kappa shape index (κ2) is 38.1. The molecule has 650 valence electrons. The van der Waals surface area contributed by atoms with Crippen LogP contribution in [0.4, 0.5) is 0 Å². The average molecular weight is 1800 g/mol. The van der Waals surface area contributed by atoms with E-state index >= 15 is 0 Å². The van der Waals surface area contributed by atoms with Gasteiger partial charge in [0.05, 0.1) is 102 Å². The molecule has 8 amide bonds. The zero-order chi connectivity index (χ0) is 90.1. The van der Waals surface area contributed by atoms with E-state index in [-0.39, 0.29) is 112 Å². The summed E-state index contributed by atoms with van der Waals surface area (Å²) in [5, 5.41) is 2.73. The number of aryl methyl sites for hydroxylation is 4. The monoisotopic (exact) mass is 1790 g/mol. The molecule has 0 spiro atoms. The summed E-state index contributed by atoms with van der Waals surface area (Å²) in [6.07, 6.45) is 3.17. The number of nitrogens with zero attached hydrogens (tertiary/aromatic N) is 8. The van der Waals surface area contributed by atoms with E-state index in [9.17, 15) is 38.4 Å². The molecule has 0 unspecified atom stereocenters. The standard InChI is InChI=1S/C66H72N4O8.C40H16N4O8.Zn/c1-9-47-41(5)63-61-45-23-25-46(26-24-45)75-35-31-71-27-28-72-32-36-76-58-21-15-19-52-51(58)18-16-22-59(52)77-37-33-73-29-30-74-34-38-78-60-20-14-13-17-53(60)62(65-43(7)49(11-3)56(69-65)39-54(47)67-63)66-44(8)50(12-4)57(70-66)40-55-48(10-2)42(6)64(61)68-55;45-33-21-9-11-25-31-26-12-10-22(29(21)31)34(46)41(33)17-5-1-2-6-18-42-35(47)23-13-15-27-32-28(16-14-24(30(23)32)36(42)48)40(52)44(39(27)51)20-8-4-3-7-19-43(37(25)49)38(26)50;/h13-26,39-40H,9-12,27-38H2,1-8H3;9-16H,17-20H2;/q-2;;+2. The van der Waals surface area contributed by atoms with Gasteiger partial charge in [-0.3, -0.25) is 58.0 Å². The van der Waals surface area contributed by atoms with Crippen LogP contribution in [0.5, 0.6) is 23.0 Å². The van der Waals surface area contributed by atoms with Gasteiger partial charge in [-0.25, -0.2) is 9.97 Å². The van der Waals surface area contributed by atoms with Gasteiger partial charge in [-0.15, -0.1) is 22.1 Å². The van der Waals surface area contributed by atoms with Gasteiger partial charge in [0.1, 0.15) is 49.4 Å². The van der Waals surface area contributed by atoms with Crippen LogP contribution in [0.2, 0.25) is 0 Å². The number of hydrogen-bond acceptors (Lipinski definition) is 18. The van der Waals surface area contributed by atoms with Gasteiger partial charge < -0.3 is 47.9 Å². The van der Waals surface area contributed by atoms with E-state index in [1.807, 2.05) is 60.7 Å². The molecule has 0 radical (unpaired) electrons. The Bertz CT molecular complexity index is 6720. The molecule has 0 N–H and O–H groups in total. The average Bonchev–Trinajstić information content (AvgIpc) is 1.29. The zero-order valence-corrected chi connectivity index (χ0v) is 76.8. The fourth-order valence-corrected chi connectivity index (χ4v) is 18.4. The number of rotatable bonds is 4. The first kappa shape index (κ1) is 88.6. The van der Waals surface area contributed by atoms with Gasteiger partial charge in [-0.05, 0) is 195 Å². The van der Waals surface area contributed by atoms with Crippen molar-refractivity contribution >= 4 is 124 Å². The number of imide groups is 4. The first-order chi connectivity index (χ1) is 63.4. The predicted octanol–water partition coefficient (Wildman–Crippen LogP) is 15.9. The molecule has 0 atom stereocenters. The largest absolute Gasteiger partial charge is 2.00 e. The minimum Gasteiger partial charge on any atom is -0.657 e. The molecule has 131 heavy (non-hydrogen) atoms. The second-order valence-electron chi connectivity index (χ2n) is 31.9. The summed E-state index contributed by atoms with van der Waals surface area (Å²) in [6.45, 7) is 21.2. The van der Waals surface area contributed by atoms with Crippen molar-refractivity contribution in [2.45, 2.75) is 81.1 Å². The fourth-order valence-electron chi connectivity index (χ4n) is 18.4. The molecule has 3 aromatic heterocycles. The molecule has 0 saturated heterocycles. The Labute approximate surface area is 768 Å². The van der Waals surface area contributed by atoms with E-state index in [0.717, 1.165) is 168 Å². The Hall–Kier alpha value is -14.4. The van der Waals surface area contributed by atoms with Gasteiger partial charge in [0.15, 0.2) is 0 Å². The van der Waals surface area contributed by atoms with Crippen molar-refractivity contribution in [3.05, 3.63) is 235 Å². The molecule has 24 nitrogen and oxygen atoms in total. The molecule has 0 saturated carbocycles. The maximum atomic E-state index is 13.5. The molecule has 20 aliphatic rings. The Morgan fingerprint density at radius 2 is 0.649 bits per heavy atom. The third-order valence-corrected chi connectivity index (χ3v) is 24.7. The quantitative estimate of drug-likeness (QED) is 0.0899. The first-order valence-electron chi connectivity index (χ1n) is 43.6. The Kier molecular flexibility index (Phi) is 25.8. The van der Waals surface area contributed by atoms with E-state index in [1.165, 1.54) is 70.8 Å². The van der Waals surface area contributed by atoms with Crippen molar-refractivity contribution < 1.29 is 95.7 Å². The van der Waals surface area contributed by atoms with Gasteiger partial charge in [0, 0.05) is 82.4 Å². The number of allylic oxidation sites excluding steroid dienone is 4. The van der Waals surface area contributed by atoms with Crippen molar-refractivity contribution in [2.75, 3.05) is 105 Å². The van der Waals surface area contributed by atoms with Gasteiger partial charge in [-0.1, -0.05) is 140 Å². The van der Waals surface area contributed by atoms with E-state index in [0.29, 0.717) is 79.3 Å². The molecule has 11 aromatic rings. The molecule has 25 heteroatoms. The zero-order valence-electron chi connectivity index (χ0n) is 73.8. The Balaban J connectivity index is 0.000000196. The van der Waals surface area contributed by atoms with Gasteiger partial charge in [-0.2, -0.15) is 0 Å². The molecule has 32 bridgehead atoms. The minimum atomic E-state index is -0.665. The van der Waals surface area contributed by atoms with Crippen LogP contribution in [0, 0.1) is 61.2 Å². The van der Waals surface area contributed by atoms with Crippen molar-refractivity contribution in [1.82, 2.24) is 39.5 Å². The summed E-state index contributed by atoms with van der Waals surface area (Å²) in [4.78, 5) is 134. The third kappa shape index (κ3) is 16.3. The van der Waals surface area contributed by atoms with Crippen LogP contribution < -0.4 is 28.9 Å².